The molecule has 0 atom stereocenters. The van der Waals surface area contributed by atoms with Crippen LogP contribution in [0.2, 0.25) is 0 Å². The van der Waals surface area contributed by atoms with Gasteiger partial charge in [-0.3, -0.25) is 0 Å². The fourth-order valence-corrected chi connectivity index (χ4v) is 0. The van der Waals surface area contributed by atoms with Crippen LogP contribution in [0.4, 0.5) is 0 Å². The summed E-state index contributed by atoms with van der Waals surface area (Å²) in [6.07, 6.45) is 0. The number of rotatable bonds is 0. The van der Waals surface area contributed by atoms with Crippen LogP contribution in [-0.2, 0) is 19.5 Å². The van der Waals surface area contributed by atoms with Crippen molar-refractivity contribution < 1.29 is 37.0 Å². The molecule has 6 heavy (non-hydrogen) atoms. The minimum Gasteiger partial charge on any atom is -1.00 e. The Morgan fingerprint density at radius 3 is 1.17 bits per heavy atom. The molecular weight excluding hydrogens is 232 g/mol. The standard InChI is InChI=1S/H3O3P.Sr.Zn.2H/c1-4(2)3;;;;/h1-3H;;;;/q;+2;;2*-1. The number of hydrogen-bond donors (Lipinski definition) is 3. The summed E-state index contributed by atoms with van der Waals surface area (Å²) in [5.41, 5.74) is 0. The van der Waals surface area contributed by atoms with Crippen LogP contribution < -0.4 is 0 Å². The SMILES string of the molecule is OP(O)O.[H-].[H-].[Sr+2].[Zn]. The van der Waals surface area contributed by atoms with Gasteiger partial charge >= 0.3 is 54.1 Å². The molecule has 0 bridgehead atoms. The van der Waals surface area contributed by atoms with E-state index in [1.807, 2.05) is 0 Å². The average Bonchev–Trinajstić information content (AvgIpc) is 0.811. The van der Waals surface area contributed by atoms with E-state index in [2.05, 4.69) is 0 Å². The van der Waals surface area contributed by atoms with Gasteiger partial charge in [-0.15, -0.1) is 0 Å². The molecular formula is H5O3PSrZn. The molecule has 0 saturated heterocycles. The van der Waals surface area contributed by atoms with Gasteiger partial charge in [-0.1, -0.05) is 0 Å². The summed E-state index contributed by atoms with van der Waals surface area (Å²) in [6.45, 7) is 0. The van der Waals surface area contributed by atoms with Gasteiger partial charge in [0.05, 0.1) is 0 Å². The maximum atomic E-state index is 7.23. The van der Waals surface area contributed by atoms with Crippen molar-refractivity contribution in [3.05, 3.63) is 0 Å². The van der Waals surface area contributed by atoms with Gasteiger partial charge in [0.25, 0.3) is 0 Å². The van der Waals surface area contributed by atoms with Crippen molar-refractivity contribution in [2.75, 3.05) is 0 Å². The third-order valence-electron chi connectivity index (χ3n) is 0. The van der Waals surface area contributed by atoms with E-state index in [1.54, 1.807) is 0 Å². The summed E-state index contributed by atoms with van der Waals surface area (Å²) in [7, 11) is -2.62. The molecule has 0 aliphatic rings. The van der Waals surface area contributed by atoms with E-state index in [0.717, 1.165) is 0 Å². The number of hydrogen-bond acceptors (Lipinski definition) is 3. The van der Waals surface area contributed by atoms with Crippen LogP contribution in [0.1, 0.15) is 2.85 Å². The summed E-state index contributed by atoms with van der Waals surface area (Å²) < 4.78 is 0. The Hall–Kier alpha value is 2.41. The molecule has 0 spiro atoms. The Morgan fingerprint density at radius 2 is 1.17 bits per heavy atom. The van der Waals surface area contributed by atoms with E-state index in [0.29, 0.717) is 0 Å². The largest absolute Gasteiger partial charge is 2.00 e. The first kappa shape index (κ1) is 15.8. The third-order valence-corrected chi connectivity index (χ3v) is 0. The average molecular weight is 237 g/mol. The Balaban J connectivity index is -0.00000000750. The molecule has 0 aromatic heterocycles. The molecule has 0 aromatic rings. The topological polar surface area (TPSA) is 60.7 Å². The maximum absolute atomic E-state index is 7.23. The zero-order chi connectivity index (χ0) is 3.58. The smallest absolute Gasteiger partial charge is 1.00 e. The molecule has 0 amide bonds. The van der Waals surface area contributed by atoms with Gasteiger partial charge in [0, 0.05) is 19.5 Å². The van der Waals surface area contributed by atoms with E-state index >= 15 is 0 Å². The van der Waals surface area contributed by atoms with Crippen LogP contribution in [-0.4, -0.2) is 60.2 Å². The van der Waals surface area contributed by atoms with Crippen LogP contribution in [0.15, 0.2) is 0 Å². The zero-order valence-corrected chi connectivity index (χ0v) is 10.5. The molecule has 32 valence electrons. The van der Waals surface area contributed by atoms with Gasteiger partial charge in [0.2, 0.25) is 0 Å². The molecule has 0 aliphatic heterocycles. The molecule has 0 heterocycles. The molecule has 0 unspecified atom stereocenters. The van der Waals surface area contributed by atoms with E-state index in [-0.39, 0.29) is 67.8 Å². The van der Waals surface area contributed by atoms with Crippen molar-refractivity contribution in [2.24, 2.45) is 0 Å². The van der Waals surface area contributed by atoms with E-state index < -0.39 is 8.60 Å². The summed E-state index contributed by atoms with van der Waals surface area (Å²) >= 11 is 0. The van der Waals surface area contributed by atoms with Crippen LogP contribution in [0, 0.1) is 0 Å². The van der Waals surface area contributed by atoms with Crippen molar-refractivity contribution in [3.8, 4) is 0 Å². The minimum atomic E-state index is -2.62. The fraction of sp³-hybridized carbons (Fsp3) is 0. The van der Waals surface area contributed by atoms with Gasteiger partial charge in [0.15, 0.2) is 0 Å². The molecule has 0 aliphatic carbocycles. The second-order valence-electron chi connectivity index (χ2n) is 0.268. The van der Waals surface area contributed by atoms with Crippen molar-refractivity contribution in [1.82, 2.24) is 0 Å². The van der Waals surface area contributed by atoms with Crippen molar-refractivity contribution in [1.29, 1.82) is 0 Å². The van der Waals surface area contributed by atoms with Gasteiger partial charge in [0.1, 0.15) is 0 Å². The normalized spacial score (nSPS) is 6.00. The predicted molar refractivity (Wildman–Crippen MR) is 21.6 cm³/mol. The van der Waals surface area contributed by atoms with Crippen LogP contribution >= 0.6 is 8.60 Å². The fourth-order valence-electron chi connectivity index (χ4n) is 0. The Kier molecular flexibility index (Phi) is 27.4. The molecule has 0 radical (unpaired) electrons. The molecule has 6 heteroatoms. The zero-order valence-electron chi connectivity index (χ0n) is 5.20. The molecule has 3 nitrogen and oxygen atoms in total. The van der Waals surface area contributed by atoms with Crippen LogP contribution in [0.25, 0.3) is 0 Å². The molecule has 3 N–H and O–H groups in total. The Morgan fingerprint density at radius 1 is 1.17 bits per heavy atom. The van der Waals surface area contributed by atoms with Gasteiger partial charge in [-0.05, 0) is 0 Å². The summed E-state index contributed by atoms with van der Waals surface area (Å²) in [6, 6.07) is 0. The van der Waals surface area contributed by atoms with Crippen LogP contribution in [0.3, 0.4) is 0 Å². The summed E-state index contributed by atoms with van der Waals surface area (Å²) in [4.78, 5) is 21.7. The quantitative estimate of drug-likeness (QED) is 0.375. The summed E-state index contributed by atoms with van der Waals surface area (Å²) in [5.74, 6) is 0. The van der Waals surface area contributed by atoms with Crippen molar-refractivity contribution >= 4 is 54.1 Å². The van der Waals surface area contributed by atoms with Gasteiger partial charge in [-0.25, -0.2) is 0 Å². The first-order chi connectivity index (χ1) is 1.73. The monoisotopic (exact) mass is 236 g/mol. The second-order valence-corrected chi connectivity index (χ2v) is 0.805. The van der Waals surface area contributed by atoms with E-state index in [1.165, 1.54) is 0 Å². The molecule has 0 rings (SSSR count). The van der Waals surface area contributed by atoms with Gasteiger partial charge in [-0.2, -0.15) is 0 Å². The van der Waals surface area contributed by atoms with E-state index in [9.17, 15) is 0 Å². The maximum Gasteiger partial charge on any atom is 2.00 e. The third kappa shape index (κ3) is 32.3. The van der Waals surface area contributed by atoms with Crippen molar-refractivity contribution in [3.63, 3.8) is 0 Å². The molecule has 0 aromatic carbocycles. The molecule has 0 fully saturated rings. The van der Waals surface area contributed by atoms with E-state index in [4.69, 9.17) is 14.7 Å². The Bertz CT molecular complexity index is 22.0. The van der Waals surface area contributed by atoms with Crippen LogP contribution in [0.5, 0.6) is 0 Å². The van der Waals surface area contributed by atoms with Crippen molar-refractivity contribution in [2.45, 2.75) is 0 Å². The summed E-state index contributed by atoms with van der Waals surface area (Å²) in [5, 5.41) is 0. The predicted octanol–water partition coefficient (Wildman–Crippen LogP) is -0.968. The second kappa shape index (κ2) is 10.4. The first-order valence-electron chi connectivity index (χ1n) is 0.600. The van der Waals surface area contributed by atoms with Gasteiger partial charge < -0.3 is 17.5 Å². The first-order valence-corrected chi connectivity index (χ1v) is 1.80. The molecule has 0 saturated carbocycles. The minimum absolute atomic E-state index is 0. The Labute approximate surface area is 89.8 Å².